The topological polar surface area (TPSA) is 75.4 Å². The monoisotopic (exact) mass is 320 g/mol. The highest BCUT2D eigenvalue weighted by molar-refractivity contribution is 5.95. The third kappa shape index (κ3) is 6.22. The van der Waals surface area contributed by atoms with Gasteiger partial charge in [0, 0.05) is 0 Å². The fraction of sp³-hybridized carbons (Fsp3) is 0.632. The van der Waals surface area contributed by atoms with E-state index in [9.17, 15) is 9.90 Å². The average molecular weight is 320 g/mol. The molecule has 3 atom stereocenters. The van der Waals surface area contributed by atoms with Crippen molar-refractivity contribution in [2.24, 2.45) is 23.0 Å². The van der Waals surface area contributed by atoms with Gasteiger partial charge in [-0.25, -0.2) is 0 Å². The maximum Gasteiger partial charge on any atom is 0.241 e. The summed E-state index contributed by atoms with van der Waals surface area (Å²) in [6, 6.07) is 4.78. The van der Waals surface area contributed by atoms with Crippen LogP contribution in [0.3, 0.4) is 0 Å². The van der Waals surface area contributed by atoms with Gasteiger partial charge in [-0.15, -0.1) is 0 Å². The molecule has 1 aromatic rings. The first-order chi connectivity index (χ1) is 10.5. The number of carbonyl (C=O) groups is 1. The van der Waals surface area contributed by atoms with Crippen molar-refractivity contribution in [1.29, 1.82) is 0 Å². The van der Waals surface area contributed by atoms with Crippen LogP contribution in [0.4, 0.5) is 5.69 Å². The first kappa shape index (κ1) is 19.5. The van der Waals surface area contributed by atoms with Crippen molar-refractivity contribution in [1.82, 2.24) is 0 Å². The molecule has 4 heteroatoms. The van der Waals surface area contributed by atoms with E-state index >= 15 is 0 Å². The minimum absolute atomic E-state index is 0.0680. The van der Waals surface area contributed by atoms with Gasteiger partial charge in [-0.1, -0.05) is 40.7 Å². The van der Waals surface area contributed by atoms with Gasteiger partial charge >= 0.3 is 0 Å². The summed E-state index contributed by atoms with van der Waals surface area (Å²) in [7, 11) is 0. The van der Waals surface area contributed by atoms with E-state index in [2.05, 4.69) is 39.9 Å². The first-order valence-corrected chi connectivity index (χ1v) is 8.39. The highest BCUT2D eigenvalue weighted by Crippen LogP contribution is 2.32. The van der Waals surface area contributed by atoms with Crippen molar-refractivity contribution in [2.45, 2.75) is 60.4 Å². The largest absolute Gasteiger partial charge is 0.506 e. The van der Waals surface area contributed by atoms with Crippen LogP contribution in [0, 0.1) is 17.3 Å². The Bertz CT molecular complexity index is 533. The molecule has 0 fully saturated rings. The Kier molecular flexibility index (Phi) is 6.63. The molecule has 1 rings (SSSR count). The summed E-state index contributed by atoms with van der Waals surface area (Å²) in [5, 5.41) is 12.6. The molecular formula is C19H32N2O2. The van der Waals surface area contributed by atoms with Crippen molar-refractivity contribution in [3.63, 3.8) is 0 Å². The number of anilines is 1. The summed E-state index contributed by atoms with van der Waals surface area (Å²) in [5.41, 5.74) is 7.40. The molecule has 0 heterocycles. The maximum atomic E-state index is 11.7. The second-order valence-corrected chi connectivity index (χ2v) is 7.94. The number of nitrogens with one attached hydrogen (secondary N) is 1. The zero-order valence-electron chi connectivity index (χ0n) is 15.3. The number of amides is 1. The fourth-order valence-corrected chi connectivity index (χ4v) is 2.50. The summed E-state index contributed by atoms with van der Waals surface area (Å²) in [4.78, 5) is 11.7. The number of phenolic OH excluding ortho intramolecular Hbond substituents is 1. The number of rotatable bonds is 6. The van der Waals surface area contributed by atoms with Gasteiger partial charge < -0.3 is 16.2 Å². The van der Waals surface area contributed by atoms with Gasteiger partial charge in [0.2, 0.25) is 5.91 Å². The molecule has 0 spiro atoms. The van der Waals surface area contributed by atoms with Gasteiger partial charge in [0.1, 0.15) is 5.75 Å². The second-order valence-electron chi connectivity index (χ2n) is 7.94. The highest BCUT2D eigenvalue weighted by Gasteiger charge is 2.22. The Morgan fingerprint density at radius 3 is 2.39 bits per heavy atom. The van der Waals surface area contributed by atoms with Crippen LogP contribution < -0.4 is 11.1 Å². The highest BCUT2D eigenvalue weighted by atomic mass is 16.3. The molecule has 4 nitrogen and oxygen atoms in total. The molecule has 0 aliphatic rings. The molecular weight excluding hydrogens is 288 g/mol. The minimum atomic E-state index is -0.607. The van der Waals surface area contributed by atoms with Crippen molar-refractivity contribution >= 4 is 11.6 Å². The molecule has 0 saturated heterocycles. The van der Waals surface area contributed by atoms with Gasteiger partial charge in [-0.05, 0) is 54.7 Å². The molecule has 2 unspecified atom stereocenters. The van der Waals surface area contributed by atoms with Crippen molar-refractivity contribution in [2.75, 3.05) is 5.32 Å². The Balaban J connectivity index is 2.76. The number of aromatic hydroxyl groups is 1. The van der Waals surface area contributed by atoms with Crippen LogP contribution in [-0.4, -0.2) is 17.1 Å². The van der Waals surface area contributed by atoms with E-state index in [4.69, 9.17) is 5.73 Å². The number of benzene rings is 1. The predicted molar refractivity (Wildman–Crippen MR) is 96.5 cm³/mol. The molecule has 23 heavy (non-hydrogen) atoms. The quantitative estimate of drug-likeness (QED) is 0.695. The number of carbonyl (C=O) groups excluding carboxylic acids is 1. The predicted octanol–water partition coefficient (Wildman–Crippen LogP) is 3.93. The smallest absolute Gasteiger partial charge is 0.241 e. The summed E-state index contributed by atoms with van der Waals surface area (Å²) in [6.07, 6.45) is 2.06. The third-order valence-electron chi connectivity index (χ3n) is 4.55. The standard InChI is InChI=1S/C19H32N2O2/c1-12(9-13(2)19(4,5)6)10-15-7-8-17(22)16(11-15)21-18(23)14(3)20/h7-8,11-14,22H,9-10,20H2,1-6H3,(H,21,23)/t12-,13?,14?/m1/s1. The van der Waals surface area contributed by atoms with Gasteiger partial charge in [0.25, 0.3) is 0 Å². The lowest BCUT2D eigenvalue weighted by atomic mass is 9.76. The van der Waals surface area contributed by atoms with E-state index < -0.39 is 6.04 Å². The Morgan fingerprint density at radius 1 is 1.26 bits per heavy atom. The second kappa shape index (κ2) is 7.82. The normalized spacial score (nSPS) is 15.8. The van der Waals surface area contributed by atoms with E-state index in [0.29, 0.717) is 22.9 Å². The van der Waals surface area contributed by atoms with E-state index in [-0.39, 0.29) is 11.7 Å². The number of hydrogen-bond donors (Lipinski definition) is 3. The Hall–Kier alpha value is -1.55. The van der Waals surface area contributed by atoms with Crippen LogP contribution in [0.5, 0.6) is 5.75 Å². The van der Waals surface area contributed by atoms with Gasteiger partial charge in [-0.2, -0.15) is 0 Å². The van der Waals surface area contributed by atoms with E-state index in [1.54, 1.807) is 13.0 Å². The number of nitrogens with two attached hydrogens (primary N) is 1. The molecule has 1 amide bonds. The third-order valence-corrected chi connectivity index (χ3v) is 4.55. The maximum absolute atomic E-state index is 11.7. The van der Waals surface area contributed by atoms with Gasteiger partial charge in [-0.3, -0.25) is 4.79 Å². The van der Waals surface area contributed by atoms with Gasteiger partial charge in [0.05, 0.1) is 11.7 Å². The lowest BCUT2D eigenvalue weighted by molar-refractivity contribution is -0.117. The van der Waals surface area contributed by atoms with Crippen LogP contribution in [0.2, 0.25) is 0 Å². The molecule has 0 radical (unpaired) electrons. The van der Waals surface area contributed by atoms with Crippen LogP contribution >= 0.6 is 0 Å². The lowest BCUT2D eigenvalue weighted by Gasteiger charge is -2.29. The number of hydrogen-bond acceptors (Lipinski definition) is 3. The van der Waals surface area contributed by atoms with Crippen molar-refractivity contribution < 1.29 is 9.90 Å². The molecule has 0 saturated carbocycles. The van der Waals surface area contributed by atoms with Crippen molar-refractivity contribution in [3.8, 4) is 5.75 Å². The minimum Gasteiger partial charge on any atom is -0.506 e. The Labute approximate surface area is 140 Å². The molecule has 0 aliphatic carbocycles. The molecule has 130 valence electrons. The molecule has 1 aromatic carbocycles. The summed E-state index contributed by atoms with van der Waals surface area (Å²) in [5.74, 6) is 0.933. The van der Waals surface area contributed by atoms with E-state index in [0.717, 1.165) is 18.4 Å². The molecule has 0 bridgehead atoms. The zero-order valence-corrected chi connectivity index (χ0v) is 15.3. The van der Waals surface area contributed by atoms with Crippen molar-refractivity contribution in [3.05, 3.63) is 23.8 Å². The lowest BCUT2D eigenvalue weighted by Crippen LogP contribution is -2.32. The van der Waals surface area contributed by atoms with Crippen LogP contribution in [-0.2, 0) is 11.2 Å². The summed E-state index contributed by atoms with van der Waals surface area (Å²) < 4.78 is 0. The van der Waals surface area contributed by atoms with Crippen LogP contribution in [0.15, 0.2) is 18.2 Å². The molecule has 0 aliphatic heterocycles. The molecule has 0 aromatic heterocycles. The fourth-order valence-electron chi connectivity index (χ4n) is 2.50. The first-order valence-electron chi connectivity index (χ1n) is 8.39. The van der Waals surface area contributed by atoms with E-state index in [1.807, 2.05) is 12.1 Å². The Morgan fingerprint density at radius 2 is 1.87 bits per heavy atom. The average Bonchev–Trinajstić information content (AvgIpc) is 2.41. The summed E-state index contributed by atoms with van der Waals surface area (Å²) >= 11 is 0. The zero-order chi connectivity index (χ0) is 17.8. The molecule has 4 N–H and O–H groups in total. The van der Waals surface area contributed by atoms with Crippen LogP contribution in [0.25, 0.3) is 0 Å². The number of phenols is 1. The van der Waals surface area contributed by atoms with Gasteiger partial charge in [0.15, 0.2) is 0 Å². The van der Waals surface area contributed by atoms with E-state index in [1.165, 1.54) is 0 Å². The summed E-state index contributed by atoms with van der Waals surface area (Å²) in [6.45, 7) is 13.0. The van der Waals surface area contributed by atoms with Crippen LogP contribution in [0.1, 0.15) is 53.5 Å². The SMILES string of the molecule is CC(N)C(=O)Nc1cc(C[C@H](C)CC(C)C(C)(C)C)ccc1O.